The monoisotopic (exact) mass is 243 g/mol. The van der Waals surface area contributed by atoms with Crippen LogP contribution in [0, 0.1) is 0 Å². The smallest absolute Gasteiger partial charge is 0.320 e. The minimum absolute atomic E-state index is 0.387. The number of nitrogens with two attached hydrogens (primary N) is 1. The Morgan fingerprint density at radius 2 is 2.31 bits per heavy atom. The molecule has 1 aromatic rings. The number of aryl methyl sites for hydroxylation is 1. The van der Waals surface area contributed by atoms with Crippen LogP contribution in [0.1, 0.15) is 12.0 Å². The molecular formula is C11H14ClNO3. The lowest BCUT2D eigenvalue weighted by Crippen LogP contribution is -2.30. The van der Waals surface area contributed by atoms with Crippen LogP contribution in [0.3, 0.4) is 0 Å². The molecule has 0 saturated carbocycles. The van der Waals surface area contributed by atoms with Crippen molar-refractivity contribution in [2.24, 2.45) is 5.73 Å². The number of ether oxygens (including phenoxy) is 1. The Labute approximate surface area is 99.0 Å². The fourth-order valence-electron chi connectivity index (χ4n) is 1.31. The number of benzene rings is 1. The molecule has 16 heavy (non-hydrogen) atoms. The van der Waals surface area contributed by atoms with Crippen molar-refractivity contribution in [2.75, 3.05) is 7.11 Å². The second-order valence-corrected chi connectivity index (χ2v) is 3.86. The van der Waals surface area contributed by atoms with Crippen LogP contribution in [0.4, 0.5) is 0 Å². The lowest BCUT2D eigenvalue weighted by molar-refractivity contribution is -0.138. The number of carboxylic acid groups (broad SMARTS) is 1. The zero-order chi connectivity index (χ0) is 12.1. The number of halogens is 1. The van der Waals surface area contributed by atoms with Crippen LogP contribution in [0.15, 0.2) is 18.2 Å². The van der Waals surface area contributed by atoms with Crippen molar-refractivity contribution in [2.45, 2.75) is 18.9 Å². The lowest BCUT2D eigenvalue weighted by Gasteiger charge is -2.08. The third-order valence-electron chi connectivity index (χ3n) is 2.28. The predicted octanol–water partition coefficient (Wildman–Crippen LogP) is 1.69. The maximum atomic E-state index is 10.5. The summed E-state index contributed by atoms with van der Waals surface area (Å²) < 4.78 is 5.01. The van der Waals surface area contributed by atoms with Gasteiger partial charge in [0.1, 0.15) is 11.8 Å². The fraction of sp³-hybridized carbons (Fsp3) is 0.364. The van der Waals surface area contributed by atoms with Crippen LogP contribution >= 0.6 is 11.6 Å². The largest absolute Gasteiger partial charge is 0.495 e. The molecule has 0 fully saturated rings. The van der Waals surface area contributed by atoms with Gasteiger partial charge in [0.05, 0.1) is 12.1 Å². The summed E-state index contributed by atoms with van der Waals surface area (Å²) in [6, 6.07) is 4.53. The molecule has 0 aliphatic heterocycles. The van der Waals surface area contributed by atoms with Gasteiger partial charge in [-0.05, 0) is 30.5 Å². The average Bonchev–Trinajstić information content (AvgIpc) is 2.25. The van der Waals surface area contributed by atoms with Crippen LogP contribution in [-0.4, -0.2) is 24.2 Å². The van der Waals surface area contributed by atoms with Crippen LogP contribution in [0.2, 0.25) is 5.02 Å². The summed E-state index contributed by atoms with van der Waals surface area (Å²) in [7, 11) is 1.54. The Kier molecular flexibility index (Phi) is 4.58. The first-order chi connectivity index (χ1) is 7.54. The minimum Gasteiger partial charge on any atom is -0.495 e. The minimum atomic E-state index is -0.986. The summed E-state index contributed by atoms with van der Waals surface area (Å²) in [6.07, 6.45) is 0.967. The first kappa shape index (κ1) is 12.8. The Bertz CT molecular complexity index is 381. The number of hydrogen-bond acceptors (Lipinski definition) is 3. The van der Waals surface area contributed by atoms with Crippen molar-refractivity contribution in [1.29, 1.82) is 0 Å². The Hall–Kier alpha value is -1.26. The van der Waals surface area contributed by atoms with E-state index in [2.05, 4.69) is 0 Å². The van der Waals surface area contributed by atoms with E-state index in [-0.39, 0.29) is 0 Å². The van der Waals surface area contributed by atoms with Gasteiger partial charge in [0.25, 0.3) is 0 Å². The molecule has 0 aliphatic carbocycles. The molecule has 3 N–H and O–H groups in total. The molecular weight excluding hydrogens is 230 g/mol. The normalized spacial score (nSPS) is 12.2. The summed E-state index contributed by atoms with van der Waals surface area (Å²) >= 11 is 5.93. The molecule has 0 radical (unpaired) electrons. The van der Waals surface area contributed by atoms with Gasteiger partial charge in [-0.15, -0.1) is 0 Å². The van der Waals surface area contributed by atoms with Crippen LogP contribution in [0.5, 0.6) is 5.75 Å². The maximum absolute atomic E-state index is 10.5. The van der Waals surface area contributed by atoms with Crippen molar-refractivity contribution < 1.29 is 14.6 Å². The zero-order valence-electron chi connectivity index (χ0n) is 8.94. The van der Waals surface area contributed by atoms with Gasteiger partial charge in [0.15, 0.2) is 0 Å². The van der Waals surface area contributed by atoms with E-state index in [0.29, 0.717) is 23.6 Å². The molecule has 1 rings (SSSR count). The number of hydrogen-bond donors (Lipinski definition) is 2. The van der Waals surface area contributed by atoms with Crippen LogP contribution in [0.25, 0.3) is 0 Å². The fourth-order valence-corrected chi connectivity index (χ4v) is 1.59. The Morgan fingerprint density at radius 3 is 2.81 bits per heavy atom. The van der Waals surface area contributed by atoms with Gasteiger partial charge < -0.3 is 15.6 Å². The molecule has 1 aromatic carbocycles. The van der Waals surface area contributed by atoms with Gasteiger partial charge in [-0.25, -0.2) is 0 Å². The summed E-state index contributed by atoms with van der Waals surface area (Å²) in [5.74, 6) is -0.382. The number of carbonyl (C=O) groups is 1. The highest BCUT2D eigenvalue weighted by Gasteiger charge is 2.11. The zero-order valence-corrected chi connectivity index (χ0v) is 9.70. The van der Waals surface area contributed by atoms with Crippen molar-refractivity contribution in [3.63, 3.8) is 0 Å². The third-order valence-corrected chi connectivity index (χ3v) is 2.57. The molecule has 0 amide bonds. The standard InChI is InChI=1S/C11H14ClNO3/c1-16-10-5-3-7(6-8(10)12)2-4-9(13)11(14)15/h3,5-6,9H,2,4,13H2,1H3,(H,14,15)/t9-/m0/s1. The Balaban J connectivity index is 2.62. The lowest BCUT2D eigenvalue weighted by atomic mass is 10.1. The summed E-state index contributed by atoms with van der Waals surface area (Å²) in [5.41, 5.74) is 6.35. The molecule has 0 unspecified atom stereocenters. The van der Waals surface area contributed by atoms with Gasteiger partial charge in [0, 0.05) is 0 Å². The first-order valence-electron chi connectivity index (χ1n) is 4.85. The Morgan fingerprint density at radius 1 is 1.62 bits per heavy atom. The van der Waals surface area contributed by atoms with Gasteiger partial charge in [-0.2, -0.15) is 0 Å². The molecule has 4 nitrogen and oxygen atoms in total. The second-order valence-electron chi connectivity index (χ2n) is 3.45. The molecule has 88 valence electrons. The quantitative estimate of drug-likeness (QED) is 0.826. The third kappa shape index (κ3) is 3.40. The molecule has 1 atom stereocenters. The van der Waals surface area contributed by atoms with Crippen molar-refractivity contribution in [3.05, 3.63) is 28.8 Å². The molecule has 0 aliphatic rings. The van der Waals surface area contributed by atoms with Crippen molar-refractivity contribution in [3.8, 4) is 5.75 Å². The summed E-state index contributed by atoms with van der Waals surface area (Å²) in [5, 5.41) is 9.14. The SMILES string of the molecule is COc1ccc(CC[C@H](N)C(=O)O)cc1Cl. The molecule has 0 heterocycles. The van der Waals surface area contributed by atoms with Gasteiger partial charge in [0.2, 0.25) is 0 Å². The summed E-state index contributed by atoms with van der Waals surface area (Å²) in [4.78, 5) is 10.5. The van der Waals surface area contributed by atoms with Gasteiger partial charge in [-0.1, -0.05) is 17.7 Å². The number of rotatable bonds is 5. The highest BCUT2D eigenvalue weighted by Crippen LogP contribution is 2.25. The van der Waals surface area contributed by atoms with E-state index in [1.165, 1.54) is 0 Å². The highest BCUT2D eigenvalue weighted by molar-refractivity contribution is 6.32. The van der Waals surface area contributed by atoms with E-state index in [9.17, 15) is 4.79 Å². The van der Waals surface area contributed by atoms with E-state index in [1.807, 2.05) is 6.07 Å². The van der Waals surface area contributed by atoms with E-state index in [4.69, 9.17) is 27.2 Å². The van der Waals surface area contributed by atoms with Crippen molar-refractivity contribution in [1.82, 2.24) is 0 Å². The highest BCUT2D eigenvalue weighted by atomic mass is 35.5. The van der Waals surface area contributed by atoms with E-state index < -0.39 is 12.0 Å². The van der Waals surface area contributed by atoms with Crippen LogP contribution < -0.4 is 10.5 Å². The molecule has 0 bridgehead atoms. The van der Waals surface area contributed by atoms with Crippen molar-refractivity contribution >= 4 is 17.6 Å². The average molecular weight is 244 g/mol. The number of aliphatic carboxylic acids is 1. The summed E-state index contributed by atoms with van der Waals surface area (Å²) in [6.45, 7) is 0. The van der Waals surface area contributed by atoms with Gasteiger partial charge in [-0.3, -0.25) is 4.79 Å². The second kappa shape index (κ2) is 5.72. The molecule has 0 spiro atoms. The van der Waals surface area contributed by atoms with E-state index in [1.54, 1.807) is 19.2 Å². The number of carboxylic acids is 1. The topological polar surface area (TPSA) is 72.5 Å². The van der Waals surface area contributed by atoms with E-state index >= 15 is 0 Å². The molecule has 0 saturated heterocycles. The maximum Gasteiger partial charge on any atom is 0.320 e. The van der Waals surface area contributed by atoms with Gasteiger partial charge >= 0.3 is 5.97 Å². The predicted molar refractivity (Wildman–Crippen MR) is 61.9 cm³/mol. The molecule has 5 heteroatoms. The molecule has 0 aromatic heterocycles. The van der Waals surface area contributed by atoms with E-state index in [0.717, 1.165) is 5.56 Å². The van der Waals surface area contributed by atoms with Crippen LogP contribution in [-0.2, 0) is 11.2 Å². The number of methoxy groups -OCH3 is 1. The first-order valence-corrected chi connectivity index (χ1v) is 5.23.